The molecule has 32 heavy (non-hydrogen) atoms. The van der Waals surface area contributed by atoms with E-state index in [-0.39, 0.29) is 5.57 Å². The number of barbiturate groups is 1. The maximum absolute atomic E-state index is 13.1. The number of hydrogen-bond acceptors (Lipinski definition) is 6. The molecule has 9 heteroatoms. The van der Waals surface area contributed by atoms with Gasteiger partial charge in [0.05, 0.1) is 30.5 Å². The molecule has 168 valence electrons. The number of hydrogen-bond donors (Lipinski definition) is 1. The predicted octanol–water partition coefficient (Wildman–Crippen LogP) is 4.31. The maximum Gasteiger partial charge on any atom is 0.335 e. The number of imide groups is 2. The van der Waals surface area contributed by atoms with Crippen LogP contribution in [0.2, 0.25) is 0 Å². The van der Waals surface area contributed by atoms with Crippen LogP contribution in [-0.2, 0) is 9.59 Å². The first-order valence-electron chi connectivity index (χ1n) is 10.0. The molecular weight excluding hydrogens is 480 g/mol. The first kappa shape index (κ1) is 23.3. The van der Waals surface area contributed by atoms with Crippen molar-refractivity contribution in [3.8, 4) is 17.2 Å². The van der Waals surface area contributed by atoms with Crippen molar-refractivity contribution in [2.45, 2.75) is 20.3 Å². The van der Waals surface area contributed by atoms with E-state index in [0.29, 0.717) is 46.2 Å². The van der Waals surface area contributed by atoms with E-state index in [1.165, 1.54) is 13.2 Å². The molecule has 0 saturated carbocycles. The van der Waals surface area contributed by atoms with Gasteiger partial charge in [0.15, 0.2) is 11.5 Å². The van der Waals surface area contributed by atoms with Crippen molar-refractivity contribution < 1.29 is 28.6 Å². The molecule has 0 spiro atoms. The van der Waals surface area contributed by atoms with E-state index in [1.54, 1.807) is 36.4 Å². The SMILES string of the molecule is CCCOc1ccc(N2C(=O)NC(=O)/C(=C/c3cc(Br)c(OC)c(OCC)c3)C2=O)cc1. The molecule has 1 N–H and O–H groups in total. The lowest BCUT2D eigenvalue weighted by molar-refractivity contribution is -0.122. The fraction of sp³-hybridized carbons (Fsp3) is 0.261. The Morgan fingerprint density at radius 2 is 1.78 bits per heavy atom. The molecule has 2 aromatic rings. The van der Waals surface area contributed by atoms with E-state index < -0.39 is 17.8 Å². The monoisotopic (exact) mass is 502 g/mol. The van der Waals surface area contributed by atoms with E-state index in [1.807, 2.05) is 13.8 Å². The fourth-order valence-corrected chi connectivity index (χ4v) is 3.72. The number of anilines is 1. The molecule has 1 heterocycles. The highest BCUT2D eigenvalue weighted by Gasteiger charge is 2.36. The molecule has 3 rings (SSSR count). The fourth-order valence-electron chi connectivity index (χ4n) is 3.10. The number of halogens is 1. The van der Waals surface area contributed by atoms with E-state index >= 15 is 0 Å². The predicted molar refractivity (Wildman–Crippen MR) is 123 cm³/mol. The number of benzene rings is 2. The number of methoxy groups -OCH3 is 1. The molecule has 0 radical (unpaired) electrons. The van der Waals surface area contributed by atoms with Gasteiger partial charge >= 0.3 is 6.03 Å². The summed E-state index contributed by atoms with van der Waals surface area (Å²) in [5, 5.41) is 2.21. The van der Waals surface area contributed by atoms with Gasteiger partial charge in [-0.3, -0.25) is 14.9 Å². The molecule has 8 nitrogen and oxygen atoms in total. The Bertz CT molecular complexity index is 1060. The minimum Gasteiger partial charge on any atom is -0.494 e. The number of carbonyl (C=O) groups is 3. The molecule has 1 aliphatic rings. The third-order valence-corrected chi connectivity index (χ3v) is 5.11. The van der Waals surface area contributed by atoms with E-state index in [2.05, 4.69) is 21.2 Å². The summed E-state index contributed by atoms with van der Waals surface area (Å²) in [6.07, 6.45) is 2.26. The number of nitrogens with zero attached hydrogens (tertiary/aromatic N) is 1. The highest BCUT2D eigenvalue weighted by molar-refractivity contribution is 9.10. The van der Waals surface area contributed by atoms with Crippen molar-refractivity contribution in [1.82, 2.24) is 5.32 Å². The first-order chi connectivity index (χ1) is 15.4. The van der Waals surface area contributed by atoms with Crippen molar-refractivity contribution in [2.24, 2.45) is 0 Å². The largest absolute Gasteiger partial charge is 0.494 e. The summed E-state index contributed by atoms with van der Waals surface area (Å²) in [6, 6.07) is 9.04. The normalized spacial score (nSPS) is 15.1. The van der Waals surface area contributed by atoms with Crippen LogP contribution in [0.1, 0.15) is 25.8 Å². The van der Waals surface area contributed by atoms with Gasteiger partial charge in [0.25, 0.3) is 11.8 Å². The number of rotatable bonds is 8. The van der Waals surface area contributed by atoms with Crippen molar-refractivity contribution in [2.75, 3.05) is 25.2 Å². The van der Waals surface area contributed by atoms with E-state index in [4.69, 9.17) is 14.2 Å². The molecule has 0 bridgehead atoms. The van der Waals surface area contributed by atoms with Gasteiger partial charge in [-0.25, -0.2) is 9.69 Å². The van der Waals surface area contributed by atoms with Crippen LogP contribution in [0.3, 0.4) is 0 Å². The van der Waals surface area contributed by atoms with Gasteiger partial charge in [-0.05, 0) is 77.3 Å². The summed E-state index contributed by atoms with van der Waals surface area (Å²) in [4.78, 5) is 38.9. The lowest BCUT2D eigenvalue weighted by atomic mass is 10.1. The smallest absolute Gasteiger partial charge is 0.335 e. The minimum absolute atomic E-state index is 0.185. The van der Waals surface area contributed by atoms with Gasteiger partial charge in [-0.15, -0.1) is 0 Å². The molecule has 1 fully saturated rings. The zero-order valence-electron chi connectivity index (χ0n) is 17.9. The summed E-state index contributed by atoms with van der Waals surface area (Å²) in [6.45, 7) is 4.79. The molecular formula is C23H23BrN2O6. The second-order valence-corrected chi connectivity index (χ2v) is 7.62. The number of nitrogens with one attached hydrogen (secondary N) is 1. The lowest BCUT2D eigenvalue weighted by Crippen LogP contribution is -2.54. The van der Waals surface area contributed by atoms with Gasteiger partial charge in [-0.1, -0.05) is 6.92 Å². The van der Waals surface area contributed by atoms with Crippen molar-refractivity contribution in [1.29, 1.82) is 0 Å². The van der Waals surface area contributed by atoms with Gasteiger partial charge in [0, 0.05) is 0 Å². The average Bonchev–Trinajstić information content (AvgIpc) is 2.76. The van der Waals surface area contributed by atoms with E-state index in [0.717, 1.165) is 11.3 Å². The first-order valence-corrected chi connectivity index (χ1v) is 10.8. The van der Waals surface area contributed by atoms with Gasteiger partial charge in [0.1, 0.15) is 11.3 Å². The number of amides is 4. The minimum atomic E-state index is -0.815. The van der Waals surface area contributed by atoms with Gasteiger partial charge in [-0.2, -0.15) is 0 Å². The number of carbonyl (C=O) groups excluding carboxylic acids is 3. The average molecular weight is 503 g/mol. The quantitative estimate of drug-likeness (QED) is 0.426. The van der Waals surface area contributed by atoms with Crippen LogP contribution in [0.15, 0.2) is 46.4 Å². The van der Waals surface area contributed by atoms with Crippen LogP contribution >= 0.6 is 15.9 Å². The number of urea groups is 1. The lowest BCUT2D eigenvalue weighted by Gasteiger charge is -2.26. The zero-order chi connectivity index (χ0) is 23.3. The zero-order valence-corrected chi connectivity index (χ0v) is 19.5. The van der Waals surface area contributed by atoms with Crippen LogP contribution in [0.4, 0.5) is 10.5 Å². The summed E-state index contributed by atoms with van der Waals surface area (Å²) in [5.74, 6) is 0.0693. The maximum atomic E-state index is 13.1. The van der Waals surface area contributed by atoms with Crippen molar-refractivity contribution in [3.05, 3.63) is 52.0 Å². The molecule has 0 atom stereocenters. The Labute approximate surface area is 194 Å². The highest BCUT2D eigenvalue weighted by atomic mass is 79.9. The van der Waals surface area contributed by atoms with Crippen LogP contribution < -0.4 is 24.4 Å². The van der Waals surface area contributed by atoms with Crippen LogP contribution in [0.25, 0.3) is 6.08 Å². The standard InChI is InChI=1S/C23H23BrN2O6/c1-4-10-32-16-8-6-15(7-9-16)26-22(28)17(21(27)25-23(26)29)11-14-12-18(24)20(30-3)19(13-14)31-5-2/h6-9,11-13H,4-5,10H2,1-3H3,(H,25,27,29)/b17-11-. The van der Waals surface area contributed by atoms with E-state index in [9.17, 15) is 14.4 Å². The Balaban J connectivity index is 1.95. The molecule has 2 aromatic carbocycles. The highest BCUT2D eigenvalue weighted by Crippen LogP contribution is 2.37. The van der Waals surface area contributed by atoms with Crippen molar-refractivity contribution >= 4 is 45.5 Å². The van der Waals surface area contributed by atoms with Crippen LogP contribution in [-0.4, -0.2) is 38.2 Å². The topological polar surface area (TPSA) is 94.2 Å². The second-order valence-electron chi connectivity index (χ2n) is 6.77. The van der Waals surface area contributed by atoms with Gasteiger partial charge < -0.3 is 14.2 Å². The molecule has 1 saturated heterocycles. The molecule has 4 amide bonds. The molecule has 1 aliphatic heterocycles. The molecule has 0 aromatic heterocycles. The second kappa shape index (κ2) is 10.3. The molecule has 0 unspecified atom stereocenters. The Morgan fingerprint density at radius 1 is 1.06 bits per heavy atom. The molecule has 0 aliphatic carbocycles. The van der Waals surface area contributed by atoms with Crippen LogP contribution in [0.5, 0.6) is 17.2 Å². The Morgan fingerprint density at radius 3 is 2.41 bits per heavy atom. The summed E-state index contributed by atoms with van der Waals surface area (Å²) in [5.41, 5.74) is 0.660. The van der Waals surface area contributed by atoms with Crippen LogP contribution in [0, 0.1) is 0 Å². The summed E-state index contributed by atoms with van der Waals surface area (Å²) < 4.78 is 17.1. The summed E-state index contributed by atoms with van der Waals surface area (Å²) in [7, 11) is 1.51. The summed E-state index contributed by atoms with van der Waals surface area (Å²) >= 11 is 3.41. The third-order valence-electron chi connectivity index (χ3n) is 4.52. The third kappa shape index (κ3) is 4.94. The van der Waals surface area contributed by atoms with Gasteiger partial charge in [0.2, 0.25) is 0 Å². The number of ether oxygens (including phenoxy) is 3. The Kier molecular flexibility index (Phi) is 7.53. The Hall–Kier alpha value is -3.33. The van der Waals surface area contributed by atoms with Crippen molar-refractivity contribution in [3.63, 3.8) is 0 Å².